The molecule has 3 amide bonds. The molecule has 24 heavy (non-hydrogen) atoms. The first-order valence-electron chi connectivity index (χ1n) is 7.90. The average Bonchev–Trinajstić information content (AvgIpc) is 2.85. The van der Waals surface area contributed by atoms with E-state index in [1.54, 1.807) is 29.2 Å². The zero-order chi connectivity index (χ0) is 16.8. The molecule has 2 aromatic carbocycles. The lowest BCUT2D eigenvalue weighted by Gasteiger charge is -2.26. The second-order valence-corrected chi connectivity index (χ2v) is 6.07. The average molecular weight is 325 g/mol. The standard InChI is InChI=1S/C17H15N3O4/c21-16-15-7-3-4-10-18(15)17(22)19(16)13-8-9-14(20(23)24)12-6-2-1-5-11(12)13/h1-2,5-6,8-9,15H,3-4,7,10H2. The van der Waals surface area contributed by atoms with E-state index in [1.807, 2.05) is 0 Å². The zero-order valence-corrected chi connectivity index (χ0v) is 12.8. The highest BCUT2D eigenvalue weighted by Crippen LogP contribution is 2.37. The number of nitro benzene ring substituents is 1. The van der Waals surface area contributed by atoms with Gasteiger partial charge in [0.2, 0.25) is 0 Å². The maximum absolute atomic E-state index is 12.7. The first-order chi connectivity index (χ1) is 11.6. The quantitative estimate of drug-likeness (QED) is 0.482. The van der Waals surface area contributed by atoms with Gasteiger partial charge in [0.25, 0.3) is 11.6 Å². The summed E-state index contributed by atoms with van der Waals surface area (Å²) < 4.78 is 0. The summed E-state index contributed by atoms with van der Waals surface area (Å²) in [5, 5.41) is 12.2. The van der Waals surface area contributed by atoms with Gasteiger partial charge in [-0.3, -0.25) is 14.9 Å². The summed E-state index contributed by atoms with van der Waals surface area (Å²) in [6.07, 6.45) is 2.49. The predicted molar refractivity (Wildman–Crippen MR) is 87.8 cm³/mol. The van der Waals surface area contributed by atoms with Crippen molar-refractivity contribution in [1.82, 2.24) is 4.90 Å². The SMILES string of the molecule is O=C1C2CCCCN2C(=O)N1c1ccc([N+](=O)[O-])c2ccccc12. The van der Waals surface area contributed by atoms with Gasteiger partial charge in [-0.15, -0.1) is 0 Å². The maximum atomic E-state index is 12.7. The number of rotatable bonds is 2. The number of carbonyl (C=O) groups excluding carboxylic acids is 2. The van der Waals surface area contributed by atoms with Gasteiger partial charge in [0.05, 0.1) is 16.0 Å². The van der Waals surface area contributed by atoms with Crippen LogP contribution in [0.2, 0.25) is 0 Å². The van der Waals surface area contributed by atoms with Crippen molar-refractivity contribution in [1.29, 1.82) is 0 Å². The van der Waals surface area contributed by atoms with Crippen LogP contribution in [0.1, 0.15) is 19.3 Å². The molecule has 0 aromatic heterocycles. The molecule has 1 unspecified atom stereocenters. The fourth-order valence-corrected chi connectivity index (χ4v) is 3.63. The molecule has 122 valence electrons. The van der Waals surface area contributed by atoms with Crippen LogP contribution in [0.4, 0.5) is 16.2 Å². The van der Waals surface area contributed by atoms with E-state index in [0.29, 0.717) is 29.4 Å². The Morgan fingerprint density at radius 1 is 1.04 bits per heavy atom. The molecule has 2 aliphatic rings. The summed E-state index contributed by atoms with van der Waals surface area (Å²) in [6.45, 7) is 0.580. The number of urea groups is 1. The summed E-state index contributed by atoms with van der Waals surface area (Å²) in [4.78, 5) is 39.0. The molecule has 2 heterocycles. The second-order valence-electron chi connectivity index (χ2n) is 6.07. The highest BCUT2D eigenvalue weighted by Gasteiger charge is 2.47. The summed E-state index contributed by atoms with van der Waals surface area (Å²) in [7, 11) is 0. The van der Waals surface area contributed by atoms with Crippen molar-refractivity contribution in [2.75, 3.05) is 11.4 Å². The van der Waals surface area contributed by atoms with Gasteiger partial charge >= 0.3 is 6.03 Å². The Hall–Kier alpha value is -2.96. The Kier molecular flexibility index (Phi) is 3.23. The minimum Gasteiger partial charge on any atom is -0.312 e. The van der Waals surface area contributed by atoms with Crippen molar-refractivity contribution in [2.24, 2.45) is 0 Å². The van der Waals surface area contributed by atoms with Crippen LogP contribution in [0.25, 0.3) is 10.8 Å². The Balaban J connectivity index is 1.88. The summed E-state index contributed by atoms with van der Waals surface area (Å²) >= 11 is 0. The third-order valence-electron chi connectivity index (χ3n) is 4.76. The Morgan fingerprint density at radius 3 is 2.50 bits per heavy atom. The van der Waals surface area contributed by atoms with E-state index in [0.717, 1.165) is 12.8 Å². The highest BCUT2D eigenvalue weighted by molar-refractivity contribution is 6.24. The van der Waals surface area contributed by atoms with Crippen molar-refractivity contribution in [3.63, 3.8) is 0 Å². The molecule has 2 saturated heterocycles. The van der Waals surface area contributed by atoms with E-state index in [9.17, 15) is 19.7 Å². The molecule has 0 N–H and O–H groups in total. The molecule has 0 spiro atoms. The number of nitrogens with zero attached hydrogens (tertiary/aromatic N) is 3. The van der Waals surface area contributed by atoms with Crippen LogP contribution in [0.5, 0.6) is 0 Å². The number of anilines is 1. The van der Waals surface area contributed by atoms with Gasteiger partial charge in [-0.2, -0.15) is 0 Å². The molecule has 0 radical (unpaired) electrons. The molecular formula is C17H15N3O4. The van der Waals surface area contributed by atoms with Crippen LogP contribution >= 0.6 is 0 Å². The lowest BCUT2D eigenvalue weighted by atomic mass is 10.0. The van der Waals surface area contributed by atoms with Gasteiger partial charge in [0.1, 0.15) is 6.04 Å². The van der Waals surface area contributed by atoms with E-state index < -0.39 is 11.0 Å². The Morgan fingerprint density at radius 2 is 1.79 bits per heavy atom. The number of nitro groups is 1. The first kappa shape index (κ1) is 14.6. The van der Waals surface area contributed by atoms with E-state index in [2.05, 4.69) is 0 Å². The highest BCUT2D eigenvalue weighted by atomic mass is 16.6. The Bertz CT molecular complexity index is 855. The van der Waals surface area contributed by atoms with E-state index >= 15 is 0 Å². The van der Waals surface area contributed by atoms with Crippen molar-refractivity contribution in [2.45, 2.75) is 25.3 Å². The van der Waals surface area contributed by atoms with Gasteiger partial charge in [0.15, 0.2) is 0 Å². The van der Waals surface area contributed by atoms with Gasteiger partial charge in [-0.05, 0) is 31.4 Å². The van der Waals surface area contributed by atoms with Gasteiger partial charge in [-0.1, -0.05) is 18.2 Å². The number of fused-ring (bicyclic) bond motifs is 2. The molecule has 2 aromatic rings. The van der Waals surface area contributed by atoms with Crippen LogP contribution in [0, 0.1) is 10.1 Å². The number of carbonyl (C=O) groups is 2. The lowest BCUT2D eigenvalue weighted by Crippen LogP contribution is -2.39. The third kappa shape index (κ3) is 1.97. The Labute approximate surface area is 137 Å². The van der Waals surface area contributed by atoms with Crippen molar-refractivity contribution in [3.8, 4) is 0 Å². The number of hydrogen-bond acceptors (Lipinski definition) is 4. The summed E-state index contributed by atoms with van der Waals surface area (Å²) in [5.74, 6) is -0.237. The number of amides is 3. The van der Waals surface area contributed by atoms with Crippen LogP contribution in [-0.2, 0) is 4.79 Å². The summed E-state index contributed by atoms with van der Waals surface area (Å²) in [6, 6.07) is 8.91. The monoisotopic (exact) mass is 325 g/mol. The molecule has 2 aliphatic heterocycles. The molecule has 0 saturated carbocycles. The minimum atomic E-state index is -0.455. The molecular weight excluding hydrogens is 310 g/mol. The van der Waals surface area contributed by atoms with Crippen LogP contribution in [0.15, 0.2) is 36.4 Å². The summed E-state index contributed by atoms with van der Waals surface area (Å²) in [5.41, 5.74) is 0.381. The smallest absolute Gasteiger partial charge is 0.312 e. The number of imide groups is 1. The number of hydrogen-bond donors (Lipinski definition) is 0. The van der Waals surface area contributed by atoms with Crippen molar-refractivity contribution >= 4 is 34.1 Å². The molecule has 0 bridgehead atoms. The second kappa shape index (κ2) is 5.30. The largest absolute Gasteiger partial charge is 0.332 e. The normalized spacial score (nSPS) is 20.6. The van der Waals surface area contributed by atoms with Crippen LogP contribution in [-0.4, -0.2) is 34.3 Å². The number of benzene rings is 2. The van der Waals surface area contributed by atoms with E-state index in [1.165, 1.54) is 17.0 Å². The van der Waals surface area contributed by atoms with Gasteiger partial charge < -0.3 is 4.90 Å². The van der Waals surface area contributed by atoms with Crippen LogP contribution < -0.4 is 4.90 Å². The maximum Gasteiger partial charge on any atom is 0.332 e. The molecule has 7 nitrogen and oxygen atoms in total. The topological polar surface area (TPSA) is 83.8 Å². The van der Waals surface area contributed by atoms with Gasteiger partial charge in [0, 0.05) is 18.0 Å². The molecule has 4 rings (SSSR count). The molecule has 0 aliphatic carbocycles. The van der Waals surface area contributed by atoms with E-state index in [4.69, 9.17) is 0 Å². The first-order valence-corrected chi connectivity index (χ1v) is 7.90. The molecule has 7 heteroatoms. The zero-order valence-electron chi connectivity index (χ0n) is 12.8. The number of non-ortho nitro benzene ring substituents is 1. The fourth-order valence-electron chi connectivity index (χ4n) is 3.63. The molecule has 2 fully saturated rings. The third-order valence-corrected chi connectivity index (χ3v) is 4.76. The van der Waals surface area contributed by atoms with Crippen LogP contribution in [0.3, 0.4) is 0 Å². The number of piperidine rings is 1. The van der Waals surface area contributed by atoms with Crippen molar-refractivity contribution < 1.29 is 14.5 Å². The fraction of sp³-hybridized carbons (Fsp3) is 0.294. The molecule has 1 atom stereocenters. The van der Waals surface area contributed by atoms with E-state index in [-0.39, 0.29) is 17.6 Å². The lowest BCUT2D eigenvalue weighted by molar-refractivity contribution is -0.383. The predicted octanol–water partition coefficient (Wildman–Crippen LogP) is 3.07. The minimum absolute atomic E-state index is 0.0360. The van der Waals surface area contributed by atoms with Crippen molar-refractivity contribution in [3.05, 3.63) is 46.5 Å². The van der Waals surface area contributed by atoms with Gasteiger partial charge in [-0.25, -0.2) is 9.69 Å².